The number of nitrogens with one attached hydrogen (secondary N) is 1. The van der Waals surface area contributed by atoms with Gasteiger partial charge in [0.1, 0.15) is 6.61 Å². The first kappa shape index (κ1) is 33.3. The van der Waals surface area contributed by atoms with E-state index >= 15 is 0 Å². The Morgan fingerprint density at radius 1 is 0.568 bits per heavy atom. The quantitative estimate of drug-likeness (QED) is 0.119. The Balaban J connectivity index is 1.79. The summed E-state index contributed by atoms with van der Waals surface area (Å²) in [5, 5.41) is 3.32. The van der Waals surface area contributed by atoms with Crippen molar-refractivity contribution in [3.8, 4) is 0 Å². The number of hydrogen-bond acceptors (Lipinski definition) is 8. The van der Waals surface area contributed by atoms with E-state index in [0.29, 0.717) is 65.0 Å². The number of benzene rings is 1. The van der Waals surface area contributed by atoms with E-state index in [1.807, 2.05) is 12.1 Å². The number of ether oxygens (including phenoxy) is 6. The van der Waals surface area contributed by atoms with Gasteiger partial charge in [0.2, 0.25) is 0 Å². The second kappa shape index (κ2) is 25.9. The summed E-state index contributed by atoms with van der Waals surface area (Å²) in [6.45, 7) is 11.0. The molecule has 0 aliphatic rings. The Hall–Kier alpha value is -1.71. The van der Waals surface area contributed by atoms with Crippen LogP contribution in [0.3, 0.4) is 0 Å². The molecule has 8 heteroatoms. The maximum absolute atomic E-state index is 12.1. The third kappa shape index (κ3) is 21.0. The number of rotatable bonds is 27. The lowest BCUT2D eigenvalue weighted by atomic mass is 10.1. The summed E-state index contributed by atoms with van der Waals surface area (Å²) in [5.41, 5.74) is 1.54. The van der Waals surface area contributed by atoms with Gasteiger partial charge < -0.3 is 33.7 Å². The smallest absolute Gasteiger partial charge is 0.338 e. The number of unbranched alkanes of at least 4 members (excludes halogenated alkanes) is 6. The molecule has 0 heterocycles. The zero-order valence-corrected chi connectivity index (χ0v) is 23.3. The van der Waals surface area contributed by atoms with Crippen molar-refractivity contribution in [2.45, 2.75) is 65.2 Å². The maximum atomic E-state index is 12.1. The van der Waals surface area contributed by atoms with Crippen molar-refractivity contribution in [1.82, 2.24) is 0 Å². The molecule has 0 aromatic heterocycles. The van der Waals surface area contributed by atoms with Crippen molar-refractivity contribution in [1.29, 1.82) is 0 Å². The third-order valence-corrected chi connectivity index (χ3v) is 5.57. The minimum absolute atomic E-state index is 0.211. The largest absolute Gasteiger partial charge is 0.460 e. The van der Waals surface area contributed by atoms with Gasteiger partial charge >= 0.3 is 5.97 Å². The van der Waals surface area contributed by atoms with Crippen molar-refractivity contribution in [2.75, 3.05) is 84.5 Å². The van der Waals surface area contributed by atoms with Gasteiger partial charge in [0, 0.05) is 18.8 Å². The van der Waals surface area contributed by atoms with E-state index in [4.69, 9.17) is 28.4 Å². The summed E-state index contributed by atoms with van der Waals surface area (Å²) in [5.74, 6) is -0.346. The fourth-order valence-electron chi connectivity index (χ4n) is 3.38. The molecule has 0 spiro atoms. The van der Waals surface area contributed by atoms with Crippen molar-refractivity contribution in [3.63, 3.8) is 0 Å². The topological polar surface area (TPSA) is 84.5 Å². The van der Waals surface area contributed by atoms with Gasteiger partial charge in [-0.05, 0) is 37.1 Å². The van der Waals surface area contributed by atoms with Crippen LogP contribution in [-0.2, 0) is 28.4 Å². The molecular formula is C29H51NO7. The second-order valence-corrected chi connectivity index (χ2v) is 8.82. The van der Waals surface area contributed by atoms with Crippen molar-refractivity contribution >= 4 is 11.7 Å². The zero-order chi connectivity index (χ0) is 26.7. The highest BCUT2D eigenvalue weighted by atomic mass is 16.6. The number of carbonyl (C=O) groups is 1. The van der Waals surface area contributed by atoms with Crippen LogP contribution in [0.25, 0.3) is 0 Å². The first-order valence-electron chi connectivity index (χ1n) is 14.2. The Bertz CT molecular complexity index is 627. The molecule has 0 amide bonds. The Morgan fingerprint density at radius 2 is 1.03 bits per heavy atom. The third-order valence-electron chi connectivity index (χ3n) is 5.57. The molecule has 0 radical (unpaired) electrons. The lowest BCUT2D eigenvalue weighted by Crippen LogP contribution is -2.15. The lowest BCUT2D eigenvalue weighted by Gasteiger charge is -2.09. The summed E-state index contributed by atoms with van der Waals surface area (Å²) in [7, 11) is 0. The second-order valence-electron chi connectivity index (χ2n) is 8.82. The first-order chi connectivity index (χ1) is 18.3. The molecule has 0 fully saturated rings. The normalized spacial score (nSPS) is 11.1. The van der Waals surface area contributed by atoms with Gasteiger partial charge in [0.25, 0.3) is 0 Å². The van der Waals surface area contributed by atoms with E-state index in [0.717, 1.165) is 38.1 Å². The van der Waals surface area contributed by atoms with Crippen molar-refractivity contribution in [3.05, 3.63) is 29.8 Å². The molecule has 1 aromatic rings. The lowest BCUT2D eigenvalue weighted by molar-refractivity contribution is -0.0153. The van der Waals surface area contributed by atoms with E-state index in [-0.39, 0.29) is 12.6 Å². The molecule has 214 valence electrons. The summed E-state index contributed by atoms with van der Waals surface area (Å²) < 4.78 is 32.7. The summed E-state index contributed by atoms with van der Waals surface area (Å²) in [6.07, 6.45) is 9.93. The molecule has 0 bridgehead atoms. The SMILES string of the molecule is CCCCCCCCOCCOCCOCCOCCOCCOC(=O)c1ccc(NCCCC)cc1. The van der Waals surface area contributed by atoms with E-state index in [1.165, 1.54) is 32.1 Å². The van der Waals surface area contributed by atoms with Crippen molar-refractivity contribution < 1.29 is 33.2 Å². The molecular weight excluding hydrogens is 474 g/mol. The Kier molecular flexibility index (Phi) is 23.3. The summed E-state index contributed by atoms with van der Waals surface area (Å²) in [4.78, 5) is 12.1. The molecule has 0 unspecified atom stereocenters. The van der Waals surface area contributed by atoms with Gasteiger partial charge in [-0.25, -0.2) is 4.79 Å². The summed E-state index contributed by atoms with van der Waals surface area (Å²) >= 11 is 0. The first-order valence-corrected chi connectivity index (χ1v) is 14.2. The van der Waals surface area contributed by atoms with Crippen LogP contribution in [0, 0.1) is 0 Å². The highest BCUT2D eigenvalue weighted by molar-refractivity contribution is 5.89. The molecule has 0 aliphatic carbocycles. The van der Waals surface area contributed by atoms with E-state index in [1.54, 1.807) is 12.1 Å². The highest BCUT2D eigenvalue weighted by Crippen LogP contribution is 2.11. The van der Waals surface area contributed by atoms with Gasteiger partial charge in [-0.1, -0.05) is 52.4 Å². The highest BCUT2D eigenvalue weighted by Gasteiger charge is 2.06. The van der Waals surface area contributed by atoms with Crippen LogP contribution < -0.4 is 5.32 Å². The van der Waals surface area contributed by atoms with Crippen LogP contribution in [-0.4, -0.2) is 85.2 Å². The molecule has 1 aromatic carbocycles. The molecule has 0 atom stereocenters. The molecule has 8 nitrogen and oxygen atoms in total. The molecule has 0 aliphatic heterocycles. The number of anilines is 1. The predicted molar refractivity (Wildman–Crippen MR) is 148 cm³/mol. The number of esters is 1. The number of carbonyl (C=O) groups excluding carboxylic acids is 1. The average Bonchev–Trinajstić information content (AvgIpc) is 2.92. The van der Waals surface area contributed by atoms with Crippen molar-refractivity contribution in [2.24, 2.45) is 0 Å². The van der Waals surface area contributed by atoms with E-state index in [9.17, 15) is 4.79 Å². The fourth-order valence-corrected chi connectivity index (χ4v) is 3.38. The van der Waals surface area contributed by atoms with Crippen LogP contribution >= 0.6 is 0 Å². The number of hydrogen-bond donors (Lipinski definition) is 1. The molecule has 37 heavy (non-hydrogen) atoms. The predicted octanol–water partition coefficient (Wildman–Crippen LogP) is 5.50. The van der Waals surface area contributed by atoms with E-state index in [2.05, 4.69) is 19.2 Å². The molecule has 1 rings (SSSR count). The molecule has 0 saturated carbocycles. The summed E-state index contributed by atoms with van der Waals surface area (Å²) in [6, 6.07) is 7.33. The van der Waals surface area contributed by atoms with Gasteiger partial charge in [-0.15, -0.1) is 0 Å². The fraction of sp³-hybridized carbons (Fsp3) is 0.759. The molecule has 1 N–H and O–H groups in total. The monoisotopic (exact) mass is 525 g/mol. The van der Waals surface area contributed by atoms with Gasteiger partial charge in [0.15, 0.2) is 0 Å². The van der Waals surface area contributed by atoms with Crippen LogP contribution in [0.2, 0.25) is 0 Å². The zero-order valence-electron chi connectivity index (χ0n) is 23.3. The minimum Gasteiger partial charge on any atom is -0.460 e. The van der Waals surface area contributed by atoms with Crippen LogP contribution in [0.1, 0.15) is 75.6 Å². The standard InChI is InChI=1S/C29H51NO7/c1-3-5-7-8-9-10-16-32-17-18-33-19-20-34-21-22-35-23-24-36-25-26-37-29(31)27-11-13-28(14-12-27)30-15-6-4-2/h11-14,30H,3-10,15-26H2,1-2H3. The van der Waals surface area contributed by atoms with Gasteiger partial charge in [-0.3, -0.25) is 0 Å². The maximum Gasteiger partial charge on any atom is 0.338 e. The minimum atomic E-state index is -0.346. The van der Waals surface area contributed by atoms with Gasteiger partial charge in [-0.2, -0.15) is 0 Å². The van der Waals surface area contributed by atoms with Crippen LogP contribution in [0.15, 0.2) is 24.3 Å². The van der Waals surface area contributed by atoms with Gasteiger partial charge in [0.05, 0.1) is 65.0 Å². The van der Waals surface area contributed by atoms with E-state index < -0.39 is 0 Å². The average molecular weight is 526 g/mol. The Labute approximate surface area is 224 Å². The van der Waals surface area contributed by atoms with Crippen LogP contribution in [0.5, 0.6) is 0 Å². The Morgan fingerprint density at radius 3 is 1.57 bits per heavy atom. The van der Waals surface area contributed by atoms with Crippen LogP contribution in [0.4, 0.5) is 5.69 Å². The molecule has 0 saturated heterocycles.